The van der Waals surface area contributed by atoms with Gasteiger partial charge >= 0.3 is 0 Å². The van der Waals surface area contributed by atoms with E-state index in [1.54, 1.807) is 12.4 Å². The van der Waals surface area contributed by atoms with Crippen molar-refractivity contribution in [3.8, 4) is 0 Å². The summed E-state index contributed by atoms with van der Waals surface area (Å²) >= 11 is 3.51. The third kappa shape index (κ3) is 3.09. The summed E-state index contributed by atoms with van der Waals surface area (Å²) in [5.41, 5.74) is 0.0414. The van der Waals surface area contributed by atoms with Gasteiger partial charge in [0.15, 0.2) is 5.82 Å². The summed E-state index contributed by atoms with van der Waals surface area (Å²) in [7, 11) is 1.93. The Bertz CT molecular complexity index is 440. The first kappa shape index (κ1) is 12.6. The quantitative estimate of drug-likeness (QED) is 0.782. The summed E-state index contributed by atoms with van der Waals surface area (Å²) in [6, 6.07) is 0.410. The minimum atomic E-state index is 0.0414. The summed E-state index contributed by atoms with van der Waals surface area (Å²) in [6.45, 7) is 2.94. The Labute approximate surface area is 110 Å². The van der Waals surface area contributed by atoms with Crippen LogP contribution in [0, 0.1) is 0 Å². The molecule has 0 N–H and O–H groups in total. The molecule has 2 rings (SSSR count). The molecule has 0 saturated heterocycles. The third-order valence-electron chi connectivity index (χ3n) is 3.01. The standard InChI is InChI=1S/C12H18BrN3O/c1-9(13)5-7-15(2)11-12(17)16(8-6-14-11)10-3-4-10/h6,8-10H,3-5,7H2,1-2H3. The molecule has 0 aliphatic heterocycles. The van der Waals surface area contributed by atoms with Crippen LogP contribution in [0.5, 0.6) is 0 Å². The molecule has 0 aromatic carbocycles. The van der Waals surface area contributed by atoms with E-state index >= 15 is 0 Å². The van der Waals surface area contributed by atoms with Gasteiger partial charge in [-0.15, -0.1) is 0 Å². The van der Waals surface area contributed by atoms with Crippen molar-refractivity contribution in [2.75, 3.05) is 18.5 Å². The van der Waals surface area contributed by atoms with Crippen molar-refractivity contribution < 1.29 is 0 Å². The number of alkyl halides is 1. The summed E-state index contributed by atoms with van der Waals surface area (Å²) in [5, 5.41) is 0. The van der Waals surface area contributed by atoms with E-state index in [0.717, 1.165) is 25.8 Å². The predicted octanol–water partition coefficient (Wildman–Crippen LogP) is 2.19. The fraction of sp³-hybridized carbons (Fsp3) is 0.667. The number of hydrogen-bond donors (Lipinski definition) is 0. The Morgan fingerprint density at radius 3 is 2.94 bits per heavy atom. The largest absolute Gasteiger partial charge is 0.355 e. The normalized spacial score (nSPS) is 16.9. The average molecular weight is 300 g/mol. The molecule has 1 saturated carbocycles. The van der Waals surface area contributed by atoms with Gasteiger partial charge in [-0.2, -0.15) is 0 Å². The first-order chi connectivity index (χ1) is 8.09. The molecule has 1 fully saturated rings. The lowest BCUT2D eigenvalue weighted by Gasteiger charge is -2.18. The van der Waals surface area contributed by atoms with Gasteiger partial charge < -0.3 is 9.47 Å². The Hall–Kier alpha value is -0.840. The molecule has 17 heavy (non-hydrogen) atoms. The van der Waals surface area contributed by atoms with E-state index in [0.29, 0.717) is 16.7 Å². The SMILES string of the molecule is CC(Br)CCN(C)c1nccn(C2CC2)c1=O. The lowest BCUT2D eigenvalue weighted by Crippen LogP contribution is -2.31. The average Bonchev–Trinajstić information content (AvgIpc) is 3.10. The fourth-order valence-electron chi connectivity index (χ4n) is 1.79. The molecule has 1 atom stereocenters. The molecule has 1 heterocycles. The lowest BCUT2D eigenvalue weighted by atomic mass is 10.3. The van der Waals surface area contributed by atoms with Crippen molar-refractivity contribution in [3.63, 3.8) is 0 Å². The van der Waals surface area contributed by atoms with Crippen molar-refractivity contribution in [2.24, 2.45) is 0 Å². The Morgan fingerprint density at radius 1 is 1.65 bits per heavy atom. The predicted molar refractivity (Wildman–Crippen MR) is 73.0 cm³/mol. The molecule has 4 nitrogen and oxygen atoms in total. The van der Waals surface area contributed by atoms with Crippen molar-refractivity contribution in [1.29, 1.82) is 0 Å². The topological polar surface area (TPSA) is 38.1 Å². The number of hydrogen-bond acceptors (Lipinski definition) is 3. The first-order valence-corrected chi connectivity index (χ1v) is 6.93. The van der Waals surface area contributed by atoms with E-state index in [9.17, 15) is 4.79 Å². The van der Waals surface area contributed by atoms with E-state index in [-0.39, 0.29) is 5.56 Å². The van der Waals surface area contributed by atoms with Crippen LogP contribution >= 0.6 is 15.9 Å². The number of halogens is 1. The summed E-state index contributed by atoms with van der Waals surface area (Å²) in [4.78, 5) is 18.8. The van der Waals surface area contributed by atoms with Gasteiger partial charge in [0.05, 0.1) is 0 Å². The van der Waals surface area contributed by atoms with Gasteiger partial charge in [-0.25, -0.2) is 4.98 Å². The summed E-state index contributed by atoms with van der Waals surface area (Å²) in [5.74, 6) is 0.563. The third-order valence-corrected chi connectivity index (χ3v) is 3.47. The molecular formula is C12H18BrN3O. The second-order valence-electron chi connectivity index (χ2n) is 4.69. The van der Waals surface area contributed by atoms with E-state index in [1.807, 2.05) is 16.5 Å². The van der Waals surface area contributed by atoms with Crippen LogP contribution in [-0.2, 0) is 0 Å². The molecule has 1 aliphatic carbocycles. The Morgan fingerprint density at radius 2 is 2.35 bits per heavy atom. The van der Waals surface area contributed by atoms with E-state index < -0.39 is 0 Å². The lowest BCUT2D eigenvalue weighted by molar-refractivity contribution is 0.685. The highest BCUT2D eigenvalue weighted by molar-refractivity contribution is 9.09. The number of aromatic nitrogens is 2. The Kier molecular flexibility index (Phi) is 3.86. The van der Waals surface area contributed by atoms with Crippen LogP contribution in [0.1, 0.15) is 32.2 Å². The molecule has 0 bridgehead atoms. The molecule has 0 radical (unpaired) electrons. The molecule has 0 spiro atoms. The first-order valence-electron chi connectivity index (χ1n) is 6.02. The van der Waals surface area contributed by atoms with Crippen LogP contribution in [0.15, 0.2) is 17.2 Å². The van der Waals surface area contributed by atoms with Gasteiger partial charge in [-0.3, -0.25) is 4.79 Å². The van der Waals surface area contributed by atoms with Crippen LogP contribution in [-0.4, -0.2) is 28.0 Å². The van der Waals surface area contributed by atoms with E-state index in [1.165, 1.54) is 0 Å². The molecular weight excluding hydrogens is 282 g/mol. The van der Waals surface area contributed by atoms with Gasteiger partial charge in [0, 0.05) is 36.9 Å². The maximum atomic E-state index is 12.2. The van der Waals surface area contributed by atoms with Gasteiger partial charge in [-0.1, -0.05) is 22.9 Å². The second kappa shape index (κ2) is 5.21. The van der Waals surface area contributed by atoms with E-state index in [4.69, 9.17) is 0 Å². The van der Waals surface area contributed by atoms with Gasteiger partial charge in [0.2, 0.25) is 0 Å². The second-order valence-corrected chi connectivity index (χ2v) is 6.25. The van der Waals surface area contributed by atoms with Gasteiger partial charge in [0.25, 0.3) is 5.56 Å². The maximum absolute atomic E-state index is 12.2. The molecule has 1 unspecified atom stereocenters. The highest BCUT2D eigenvalue weighted by Crippen LogP contribution is 2.33. The summed E-state index contributed by atoms with van der Waals surface area (Å²) in [6.07, 6.45) is 6.75. The van der Waals surface area contributed by atoms with E-state index in [2.05, 4.69) is 27.8 Å². The van der Waals surface area contributed by atoms with Crippen LogP contribution in [0.3, 0.4) is 0 Å². The zero-order valence-electron chi connectivity index (χ0n) is 10.3. The molecule has 1 aromatic heterocycles. The van der Waals surface area contributed by atoms with Crippen LogP contribution < -0.4 is 10.5 Å². The molecule has 0 amide bonds. The minimum Gasteiger partial charge on any atom is -0.355 e. The molecule has 1 aromatic rings. The Balaban J connectivity index is 2.14. The van der Waals surface area contributed by atoms with Crippen LogP contribution in [0.25, 0.3) is 0 Å². The van der Waals surface area contributed by atoms with Crippen LogP contribution in [0.4, 0.5) is 5.82 Å². The zero-order chi connectivity index (χ0) is 12.4. The molecule has 1 aliphatic rings. The maximum Gasteiger partial charge on any atom is 0.293 e. The zero-order valence-corrected chi connectivity index (χ0v) is 11.9. The smallest absolute Gasteiger partial charge is 0.293 e. The number of rotatable bonds is 5. The van der Waals surface area contributed by atoms with Crippen molar-refractivity contribution in [3.05, 3.63) is 22.7 Å². The van der Waals surface area contributed by atoms with Crippen LogP contribution in [0.2, 0.25) is 0 Å². The number of nitrogens with zero attached hydrogens (tertiary/aromatic N) is 3. The fourth-order valence-corrected chi connectivity index (χ4v) is 2.00. The highest BCUT2D eigenvalue weighted by atomic mass is 79.9. The van der Waals surface area contributed by atoms with Crippen molar-refractivity contribution in [2.45, 2.75) is 37.1 Å². The minimum absolute atomic E-state index is 0.0414. The monoisotopic (exact) mass is 299 g/mol. The molecule has 5 heteroatoms. The van der Waals surface area contributed by atoms with Crippen molar-refractivity contribution >= 4 is 21.7 Å². The highest BCUT2D eigenvalue weighted by Gasteiger charge is 2.25. The summed E-state index contributed by atoms with van der Waals surface area (Å²) < 4.78 is 1.82. The molecule has 94 valence electrons. The van der Waals surface area contributed by atoms with Gasteiger partial charge in [-0.05, 0) is 19.3 Å². The number of anilines is 1. The van der Waals surface area contributed by atoms with Crippen molar-refractivity contribution in [1.82, 2.24) is 9.55 Å². The van der Waals surface area contributed by atoms with Gasteiger partial charge in [0.1, 0.15) is 0 Å².